The van der Waals surface area contributed by atoms with Crippen molar-refractivity contribution in [1.29, 1.82) is 0 Å². The predicted octanol–water partition coefficient (Wildman–Crippen LogP) is 1.50. The SMILES string of the molecule is CCOC(CNC(=O)N[C@@H]1CC(=O)N(c2ccc(OC)cc2)C1)OCC. The summed E-state index contributed by atoms with van der Waals surface area (Å²) >= 11 is 0. The summed E-state index contributed by atoms with van der Waals surface area (Å²) in [6, 6.07) is 6.67. The summed E-state index contributed by atoms with van der Waals surface area (Å²) in [6.45, 7) is 5.41. The lowest BCUT2D eigenvalue weighted by molar-refractivity contribution is -0.131. The Kier molecular flexibility index (Phi) is 7.68. The van der Waals surface area contributed by atoms with Crippen LogP contribution in [0, 0.1) is 0 Å². The van der Waals surface area contributed by atoms with E-state index in [1.165, 1.54) is 0 Å². The van der Waals surface area contributed by atoms with Crippen molar-refractivity contribution in [2.45, 2.75) is 32.6 Å². The Labute approximate surface area is 153 Å². The highest BCUT2D eigenvalue weighted by atomic mass is 16.7. The molecule has 0 bridgehead atoms. The first kappa shape index (κ1) is 20.0. The van der Waals surface area contributed by atoms with E-state index < -0.39 is 6.29 Å². The molecule has 2 N–H and O–H groups in total. The molecule has 1 heterocycles. The van der Waals surface area contributed by atoms with Crippen molar-refractivity contribution in [2.24, 2.45) is 0 Å². The molecule has 26 heavy (non-hydrogen) atoms. The van der Waals surface area contributed by atoms with Crippen LogP contribution in [0.15, 0.2) is 24.3 Å². The number of carbonyl (C=O) groups is 2. The number of methoxy groups -OCH3 is 1. The predicted molar refractivity (Wildman–Crippen MR) is 97.3 cm³/mol. The molecule has 1 aromatic rings. The van der Waals surface area contributed by atoms with Crippen molar-refractivity contribution < 1.29 is 23.8 Å². The van der Waals surface area contributed by atoms with Gasteiger partial charge in [0.05, 0.1) is 19.7 Å². The highest BCUT2D eigenvalue weighted by Gasteiger charge is 2.31. The van der Waals surface area contributed by atoms with Crippen LogP contribution >= 0.6 is 0 Å². The number of hydrogen-bond donors (Lipinski definition) is 2. The summed E-state index contributed by atoms with van der Waals surface area (Å²) in [4.78, 5) is 26.0. The third kappa shape index (κ3) is 5.60. The summed E-state index contributed by atoms with van der Waals surface area (Å²) in [5, 5.41) is 5.54. The van der Waals surface area contributed by atoms with Crippen LogP contribution < -0.4 is 20.3 Å². The van der Waals surface area contributed by atoms with Crippen LogP contribution in [-0.2, 0) is 14.3 Å². The monoisotopic (exact) mass is 365 g/mol. The zero-order chi connectivity index (χ0) is 18.9. The van der Waals surface area contributed by atoms with Crippen LogP contribution in [0.3, 0.4) is 0 Å². The molecule has 1 fully saturated rings. The van der Waals surface area contributed by atoms with E-state index in [-0.39, 0.29) is 30.9 Å². The van der Waals surface area contributed by atoms with Gasteiger partial charge in [-0.25, -0.2) is 4.79 Å². The highest BCUT2D eigenvalue weighted by molar-refractivity contribution is 5.96. The number of rotatable bonds is 9. The Hall–Kier alpha value is -2.32. The van der Waals surface area contributed by atoms with E-state index in [0.717, 1.165) is 11.4 Å². The maximum absolute atomic E-state index is 12.2. The molecular formula is C18H27N3O5. The smallest absolute Gasteiger partial charge is 0.315 e. The summed E-state index contributed by atoms with van der Waals surface area (Å²) in [5.74, 6) is 0.703. The standard InChI is InChI=1S/C18H27N3O5/c1-4-25-17(26-5-2)11-19-18(23)20-13-10-16(22)21(12-13)14-6-8-15(24-3)9-7-14/h6-9,13,17H,4-5,10-12H2,1-3H3,(H2,19,20,23)/t13-/m1/s1. The molecule has 0 spiro atoms. The van der Waals surface area contributed by atoms with Crippen molar-refractivity contribution in [3.8, 4) is 5.75 Å². The van der Waals surface area contributed by atoms with Crippen molar-refractivity contribution >= 4 is 17.6 Å². The fourth-order valence-corrected chi connectivity index (χ4v) is 2.77. The molecular weight excluding hydrogens is 338 g/mol. The Balaban J connectivity index is 1.83. The average molecular weight is 365 g/mol. The molecule has 2 rings (SSSR count). The normalized spacial score (nSPS) is 16.8. The van der Waals surface area contributed by atoms with Gasteiger partial charge in [0.25, 0.3) is 0 Å². The Morgan fingerprint density at radius 1 is 1.23 bits per heavy atom. The lowest BCUT2D eigenvalue weighted by atomic mass is 10.2. The number of nitrogens with one attached hydrogen (secondary N) is 2. The van der Waals surface area contributed by atoms with Crippen LogP contribution in [0.1, 0.15) is 20.3 Å². The van der Waals surface area contributed by atoms with Gasteiger partial charge in [0.1, 0.15) is 5.75 Å². The lowest BCUT2D eigenvalue weighted by Crippen LogP contribution is -2.46. The molecule has 1 aliphatic heterocycles. The average Bonchev–Trinajstić information content (AvgIpc) is 3.00. The topological polar surface area (TPSA) is 89.1 Å². The third-order valence-corrected chi connectivity index (χ3v) is 3.98. The molecule has 0 aromatic heterocycles. The number of nitrogens with zero attached hydrogens (tertiary/aromatic N) is 1. The van der Waals surface area contributed by atoms with Gasteiger partial charge >= 0.3 is 6.03 Å². The fourth-order valence-electron chi connectivity index (χ4n) is 2.77. The number of benzene rings is 1. The second-order valence-electron chi connectivity index (χ2n) is 5.80. The van der Waals surface area contributed by atoms with Crippen LogP contribution in [0.25, 0.3) is 0 Å². The lowest BCUT2D eigenvalue weighted by Gasteiger charge is -2.19. The fraction of sp³-hybridized carbons (Fsp3) is 0.556. The summed E-state index contributed by atoms with van der Waals surface area (Å²) in [6.07, 6.45) is -0.212. The van der Waals surface area contributed by atoms with E-state index >= 15 is 0 Å². The van der Waals surface area contributed by atoms with Crippen LogP contribution in [0.4, 0.5) is 10.5 Å². The molecule has 8 nitrogen and oxygen atoms in total. The van der Waals surface area contributed by atoms with E-state index in [9.17, 15) is 9.59 Å². The molecule has 1 saturated heterocycles. The summed E-state index contributed by atoms with van der Waals surface area (Å²) in [5.41, 5.74) is 0.785. The van der Waals surface area contributed by atoms with Gasteiger partial charge in [-0.1, -0.05) is 0 Å². The molecule has 0 saturated carbocycles. The summed E-state index contributed by atoms with van der Waals surface area (Å²) < 4.78 is 15.9. The van der Waals surface area contributed by atoms with E-state index in [4.69, 9.17) is 14.2 Å². The molecule has 0 radical (unpaired) electrons. The third-order valence-electron chi connectivity index (χ3n) is 3.98. The van der Waals surface area contributed by atoms with Gasteiger partial charge in [0.15, 0.2) is 6.29 Å². The van der Waals surface area contributed by atoms with Gasteiger partial charge in [0.2, 0.25) is 5.91 Å². The van der Waals surface area contributed by atoms with E-state index in [2.05, 4.69) is 10.6 Å². The minimum absolute atomic E-state index is 0.0259. The first-order valence-corrected chi connectivity index (χ1v) is 8.79. The maximum Gasteiger partial charge on any atom is 0.315 e. The number of hydrogen-bond acceptors (Lipinski definition) is 5. The number of amides is 3. The van der Waals surface area contributed by atoms with Crippen molar-refractivity contribution in [2.75, 3.05) is 38.3 Å². The Morgan fingerprint density at radius 3 is 2.46 bits per heavy atom. The van der Waals surface area contributed by atoms with Gasteiger partial charge in [-0.15, -0.1) is 0 Å². The van der Waals surface area contributed by atoms with E-state index in [0.29, 0.717) is 19.8 Å². The van der Waals surface area contributed by atoms with Crippen molar-refractivity contribution in [1.82, 2.24) is 10.6 Å². The van der Waals surface area contributed by atoms with E-state index in [1.54, 1.807) is 24.1 Å². The second-order valence-corrected chi connectivity index (χ2v) is 5.80. The largest absolute Gasteiger partial charge is 0.497 e. The van der Waals surface area contributed by atoms with Crippen molar-refractivity contribution in [3.63, 3.8) is 0 Å². The van der Waals surface area contributed by atoms with Gasteiger partial charge in [-0.05, 0) is 38.1 Å². The van der Waals surface area contributed by atoms with Gasteiger partial charge in [-0.2, -0.15) is 0 Å². The first-order valence-electron chi connectivity index (χ1n) is 8.79. The number of carbonyl (C=O) groups excluding carboxylic acids is 2. The zero-order valence-electron chi connectivity index (χ0n) is 15.5. The van der Waals surface area contributed by atoms with Crippen molar-refractivity contribution in [3.05, 3.63) is 24.3 Å². The number of anilines is 1. The molecule has 3 amide bonds. The maximum atomic E-state index is 12.2. The molecule has 144 valence electrons. The van der Waals surface area contributed by atoms with Crippen LogP contribution in [-0.4, -0.2) is 57.7 Å². The number of ether oxygens (including phenoxy) is 3. The minimum atomic E-state index is -0.475. The molecule has 1 atom stereocenters. The van der Waals surface area contributed by atoms with Gasteiger partial charge in [0, 0.05) is 31.9 Å². The Bertz CT molecular complexity index is 587. The molecule has 8 heteroatoms. The highest BCUT2D eigenvalue weighted by Crippen LogP contribution is 2.24. The zero-order valence-corrected chi connectivity index (χ0v) is 15.5. The molecule has 0 unspecified atom stereocenters. The minimum Gasteiger partial charge on any atom is -0.497 e. The van der Waals surface area contributed by atoms with Crippen LogP contribution in [0.5, 0.6) is 5.75 Å². The Morgan fingerprint density at radius 2 is 1.88 bits per heavy atom. The first-order chi connectivity index (χ1) is 12.6. The van der Waals surface area contributed by atoms with E-state index in [1.807, 2.05) is 26.0 Å². The quantitative estimate of drug-likeness (QED) is 0.648. The number of urea groups is 1. The molecule has 0 aliphatic carbocycles. The second kappa shape index (κ2) is 9.98. The summed E-state index contributed by atoms with van der Waals surface area (Å²) in [7, 11) is 1.59. The molecule has 1 aromatic carbocycles. The van der Waals surface area contributed by atoms with Gasteiger partial charge in [-0.3, -0.25) is 4.79 Å². The van der Waals surface area contributed by atoms with Crippen LogP contribution in [0.2, 0.25) is 0 Å². The van der Waals surface area contributed by atoms with Gasteiger partial charge < -0.3 is 29.7 Å². The molecule has 1 aliphatic rings.